The molecule has 0 unspecified atom stereocenters. The zero-order chi connectivity index (χ0) is 17.6. The van der Waals surface area contributed by atoms with Crippen LogP contribution in [0, 0.1) is 0 Å². The third kappa shape index (κ3) is 4.73. The standard InChI is InChI=1S/C18H27N5S2/c1-14(2)17-21-15(13-25-17)6-7-20-18(19-3)23-10-8-22(9-11-23)16-5-4-12-24-16/h4-5,12-14H,6-11H2,1-3H3,(H,19,20). The van der Waals surface area contributed by atoms with Crippen molar-refractivity contribution in [1.82, 2.24) is 15.2 Å². The van der Waals surface area contributed by atoms with Crippen molar-refractivity contribution < 1.29 is 0 Å². The smallest absolute Gasteiger partial charge is 0.193 e. The molecule has 3 heterocycles. The van der Waals surface area contributed by atoms with Crippen LogP contribution in [0.3, 0.4) is 0 Å². The molecule has 0 amide bonds. The second-order valence-corrected chi connectivity index (χ2v) is 8.30. The van der Waals surface area contributed by atoms with Crippen LogP contribution in [0.2, 0.25) is 0 Å². The van der Waals surface area contributed by atoms with E-state index >= 15 is 0 Å². The van der Waals surface area contributed by atoms with Crippen LogP contribution in [0.15, 0.2) is 27.9 Å². The Hall–Kier alpha value is -1.60. The molecule has 1 N–H and O–H groups in total. The zero-order valence-electron chi connectivity index (χ0n) is 15.2. The highest BCUT2D eigenvalue weighted by Gasteiger charge is 2.20. The van der Waals surface area contributed by atoms with Gasteiger partial charge in [0.25, 0.3) is 0 Å². The monoisotopic (exact) mass is 377 g/mol. The number of hydrogen-bond acceptors (Lipinski definition) is 5. The summed E-state index contributed by atoms with van der Waals surface area (Å²) in [7, 11) is 1.87. The highest BCUT2D eigenvalue weighted by molar-refractivity contribution is 7.14. The second kappa shape index (κ2) is 8.67. The van der Waals surface area contributed by atoms with Gasteiger partial charge >= 0.3 is 0 Å². The third-order valence-electron chi connectivity index (χ3n) is 4.34. The Morgan fingerprint density at radius 2 is 2.08 bits per heavy atom. The Balaban J connectivity index is 1.45. The molecule has 2 aromatic rings. The van der Waals surface area contributed by atoms with E-state index in [4.69, 9.17) is 4.98 Å². The molecule has 0 atom stereocenters. The van der Waals surface area contributed by atoms with Gasteiger partial charge in [-0.25, -0.2) is 4.98 Å². The maximum Gasteiger partial charge on any atom is 0.193 e. The lowest BCUT2D eigenvalue weighted by atomic mass is 10.2. The molecule has 0 aromatic carbocycles. The van der Waals surface area contributed by atoms with Gasteiger partial charge in [-0.1, -0.05) is 13.8 Å². The predicted molar refractivity (Wildman–Crippen MR) is 109 cm³/mol. The van der Waals surface area contributed by atoms with Crippen LogP contribution in [0.1, 0.15) is 30.5 Å². The van der Waals surface area contributed by atoms with Gasteiger partial charge < -0.3 is 15.1 Å². The molecule has 5 nitrogen and oxygen atoms in total. The molecule has 1 fully saturated rings. The van der Waals surface area contributed by atoms with Crippen molar-refractivity contribution in [3.63, 3.8) is 0 Å². The van der Waals surface area contributed by atoms with Gasteiger partial charge in [-0.05, 0) is 17.5 Å². The molecular weight excluding hydrogens is 350 g/mol. The van der Waals surface area contributed by atoms with E-state index in [1.165, 1.54) is 15.7 Å². The first-order chi connectivity index (χ1) is 12.2. The van der Waals surface area contributed by atoms with E-state index in [2.05, 4.69) is 56.8 Å². The van der Waals surface area contributed by atoms with Gasteiger partial charge in [-0.15, -0.1) is 22.7 Å². The average molecular weight is 378 g/mol. The lowest BCUT2D eigenvalue weighted by Crippen LogP contribution is -2.52. The highest BCUT2D eigenvalue weighted by Crippen LogP contribution is 2.22. The Morgan fingerprint density at radius 1 is 1.28 bits per heavy atom. The van der Waals surface area contributed by atoms with Crippen LogP contribution >= 0.6 is 22.7 Å². The summed E-state index contributed by atoms with van der Waals surface area (Å²) in [5.74, 6) is 1.52. The van der Waals surface area contributed by atoms with E-state index in [0.29, 0.717) is 5.92 Å². The summed E-state index contributed by atoms with van der Waals surface area (Å²) in [6.45, 7) is 9.36. The summed E-state index contributed by atoms with van der Waals surface area (Å²) in [4.78, 5) is 14.0. The number of thiophene rings is 1. The fraction of sp³-hybridized carbons (Fsp3) is 0.556. The molecular formula is C18H27N5S2. The number of rotatable bonds is 5. The van der Waals surface area contributed by atoms with E-state index in [0.717, 1.165) is 45.1 Å². The summed E-state index contributed by atoms with van der Waals surface area (Å²) >= 11 is 3.58. The molecule has 0 bridgehead atoms. The lowest BCUT2D eigenvalue weighted by Gasteiger charge is -2.37. The molecule has 0 saturated carbocycles. The molecule has 2 aromatic heterocycles. The Morgan fingerprint density at radius 3 is 2.68 bits per heavy atom. The Bertz CT molecular complexity index is 669. The number of piperazine rings is 1. The number of thiazole rings is 1. The summed E-state index contributed by atoms with van der Waals surface area (Å²) in [5, 5.41) is 10.4. The van der Waals surface area contributed by atoms with Crippen molar-refractivity contribution in [3.05, 3.63) is 33.6 Å². The van der Waals surface area contributed by atoms with Crippen LogP contribution in [0.5, 0.6) is 0 Å². The first-order valence-electron chi connectivity index (χ1n) is 8.85. The minimum atomic E-state index is 0.513. The predicted octanol–water partition coefficient (Wildman–Crippen LogP) is 3.27. The van der Waals surface area contributed by atoms with E-state index < -0.39 is 0 Å². The van der Waals surface area contributed by atoms with E-state index in [9.17, 15) is 0 Å². The van der Waals surface area contributed by atoms with Crippen molar-refractivity contribution in [2.75, 3.05) is 44.7 Å². The van der Waals surface area contributed by atoms with Crippen molar-refractivity contribution in [2.45, 2.75) is 26.2 Å². The lowest BCUT2D eigenvalue weighted by molar-refractivity contribution is 0.373. The van der Waals surface area contributed by atoms with Crippen LogP contribution in [0.25, 0.3) is 0 Å². The molecule has 1 aliphatic rings. The van der Waals surface area contributed by atoms with Gasteiger partial charge in [-0.2, -0.15) is 0 Å². The number of nitrogens with zero attached hydrogens (tertiary/aromatic N) is 4. The first kappa shape index (κ1) is 18.2. The summed E-state index contributed by atoms with van der Waals surface area (Å²) < 4.78 is 0. The van der Waals surface area contributed by atoms with Gasteiger partial charge in [0.15, 0.2) is 5.96 Å². The van der Waals surface area contributed by atoms with Crippen molar-refractivity contribution in [2.24, 2.45) is 4.99 Å². The number of anilines is 1. The molecule has 7 heteroatoms. The largest absolute Gasteiger partial charge is 0.360 e. The zero-order valence-corrected chi connectivity index (χ0v) is 16.9. The highest BCUT2D eigenvalue weighted by atomic mass is 32.1. The third-order valence-corrected chi connectivity index (χ3v) is 6.46. The van der Waals surface area contributed by atoms with E-state index in [-0.39, 0.29) is 0 Å². The molecule has 25 heavy (non-hydrogen) atoms. The number of hydrogen-bond donors (Lipinski definition) is 1. The maximum atomic E-state index is 4.70. The normalized spacial score (nSPS) is 15.9. The van der Waals surface area contributed by atoms with Crippen molar-refractivity contribution in [1.29, 1.82) is 0 Å². The fourth-order valence-corrected chi connectivity index (χ4v) is 4.58. The van der Waals surface area contributed by atoms with Gasteiger partial charge in [0.2, 0.25) is 0 Å². The van der Waals surface area contributed by atoms with Crippen LogP contribution < -0.4 is 10.2 Å². The van der Waals surface area contributed by atoms with Crippen LogP contribution in [-0.4, -0.2) is 55.6 Å². The van der Waals surface area contributed by atoms with E-state index in [1.807, 2.05) is 18.4 Å². The SMILES string of the molecule is CN=C(NCCc1csc(C(C)C)n1)N1CCN(c2cccs2)CC1. The summed E-state index contributed by atoms with van der Waals surface area (Å²) in [6.07, 6.45) is 0.942. The van der Waals surface area contributed by atoms with Crippen LogP contribution in [-0.2, 0) is 6.42 Å². The molecule has 136 valence electrons. The van der Waals surface area contributed by atoms with Crippen molar-refractivity contribution in [3.8, 4) is 0 Å². The Labute approximate surface area is 158 Å². The summed E-state index contributed by atoms with van der Waals surface area (Å²) in [5.41, 5.74) is 1.18. The Kier molecular flexibility index (Phi) is 6.31. The first-order valence-corrected chi connectivity index (χ1v) is 10.6. The van der Waals surface area contributed by atoms with E-state index in [1.54, 1.807) is 11.3 Å². The van der Waals surface area contributed by atoms with Crippen LogP contribution in [0.4, 0.5) is 5.00 Å². The second-order valence-electron chi connectivity index (χ2n) is 6.48. The maximum absolute atomic E-state index is 4.70. The molecule has 1 aliphatic heterocycles. The molecule has 1 saturated heterocycles. The topological polar surface area (TPSA) is 43.8 Å². The molecule has 3 rings (SSSR count). The summed E-state index contributed by atoms with van der Waals surface area (Å²) in [6, 6.07) is 4.32. The number of aliphatic imine (C=N–C) groups is 1. The average Bonchev–Trinajstić information content (AvgIpc) is 3.31. The molecule has 0 radical (unpaired) electrons. The van der Waals surface area contributed by atoms with Gasteiger partial charge in [0.05, 0.1) is 15.7 Å². The van der Waals surface area contributed by atoms with Gasteiger partial charge in [-0.3, -0.25) is 4.99 Å². The minimum absolute atomic E-state index is 0.513. The quantitative estimate of drug-likeness (QED) is 0.642. The van der Waals surface area contributed by atoms with Crippen molar-refractivity contribution >= 4 is 33.6 Å². The van der Waals surface area contributed by atoms with Gasteiger partial charge in [0.1, 0.15) is 0 Å². The molecule has 0 aliphatic carbocycles. The minimum Gasteiger partial charge on any atom is -0.360 e. The number of aromatic nitrogens is 1. The van der Waals surface area contributed by atoms with Gasteiger partial charge in [0, 0.05) is 57.5 Å². The number of guanidine groups is 1. The number of nitrogens with one attached hydrogen (secondary N) is 1. The molecule has 0 spiro atoms. The fourth-order valence-electron chi connectivity index (χ4n) is 2.93.